The Morgan fingerprint density at radius 1 is 1.14 bits per heavy atom. The van der Waals surface area contributed by atoms with Crippen molar-refractivity contribution in [3.05, 3.63) is 89.6 Å². The van der Waals surface area contributed by atoms with E-state index in [1.165, 1.54) is 11.3 Å². The lowest BCUT2D eigenvalue weighted by atomic mass is 9.95. The average Bonchev–Trinajstić information content (AvgIpc) is 3.14. The highest BCUT2D eigenvalue weighted by atomic mass is 35.5. The molecule has 0 unspecified atom stereocenters. The maximum atomic E-state index is 13.7. The molecule has 0 saturated heterocycles. The molecule has 4 rings (SSSR count). The van der Waals surface area contributed by atoms with Crippen LogP contribution in [-0.2, 0) is 9.53 Å². The van der Waals surface area contributed by atoms with Gasteiger partial charge in [-0.25, -0.2) is 9.79 Å². The van der Waals surface area contributed by atoms with E-state index in [1.54, 1.807) is 55.9 Å². The Morgan fingerprint density at radius 2 is 1.89 bits per heavy atom. The number of esters is 1. The molecule has 0 spiro atoms. The number of ether oxygens (including phenoxy) is 3. The summed E-state index contributed by atoms with van der Waals surface area (Å²) >= 11 is 7.26. The van der Waals surface area contributed by atoms with Crippen molar-refractivity contribution in [3.63, 3.8) is 0 Å². The molecule has 9 heteroatoms. The second-order valence-corrected chi connectivity index (χ2v) is 9.14. The second-order valence-electron chi connectivity index (χ2n) is 7.70. The number of rotatable bonds is 7. The molecule has 0 radical (unpaired) electrons. The number of hydrogen-bond donors (Lipinski definition) is 0. The number of carbonyl (C=O) groups is 1. The quantitative estimate of drug-likeness (QED) is 0.449. The zero-order chi connectivity index (χ0) is 25.1. The third kappa shape index (κ3) is 4.90. The smallest absolute Gasteiger partial charge is 0.338 e. The van der Waals surface area contributed by atoms with Gasteiger partial charge in [-0.05, 0) is 62.2 Å². The number of fused-ring (bicyclic) bond motifs is 1. The van der Waals surface area contributed by atoms with Gasteiger partial charge < -0.3 is 14.2 Å². The molecule has 1 atom stereocenters. The summed E-state index contributed by atoms with van der Waals surface area (Å²) in [6, 6.07) is 11.9. The van der Waals surface area contributed by atoms with Gasteiger partial charge in [0.2, 0.25) is 0 Å². The number of allylic oxidation sites excluding steroid dienone is 1. The van der Waals surface area contributed by atoms with Crippen molar-refractivity contribution in [1.82, 2.24) is 4.57 Å². The van der Waals surface area contributed by atoms with Crippen LogP contribution in [0, 0.1) is 0 Å². The molecule has 0 aliphatic carbocycles. The van der Waals surface area contributed by atoms with Crippen LogP contribution in [0.4, 0.5) is 0 Å². The Hall–Kier alpha value is -3.36. The Labute approximate surface area is 211 Å². The monoisotopic (exact) mass is 512 g/mol. The van der Waals surface area contributed by atoms with Crippen LogP contribution in [0.25, 0.3) is 6.08 Å². The third-order valence-corrected chi connectivity index (χ3v) is 6.72. The molecular weight excluding hydrogens is 488 g/mol. The van der Waals surface area contributed by atoms with E-state index in [0.717, 1.165) is 5.56 Å². The standard InChI is InChI=1S/C26H25ClN2O5S/c1-5-33-20-14-17(9-12-19(20)32-4)23-22(25(31)34-6-2)15(3)28-26-29(23)24(30)21(35-26)13-16-7-10-18(27)11-8-16/h7-14,23H,5-6H2,1-4H3/t23-/m0/s1. The molecule has 3 aromatic rings. The Balaban J connectivity index is 1.96. The first kappa shape index (κ1) is 24.8. The number of hydrogen-bond acceptors (Lipinski definition) is 7. The minimum atomic E-state index is -0.734. The number of nitrogens with zero attached hydrogens (tertiary/aromatic N) is 2. The van der Waals surface area contributed by atoms with Crippen molar-refractivity contribution in [2.45, 2.75) is 26.8 Å². The summed E-state index contributed by atoms with van der Waals surface area (Å²) in [5.41, 5.74) is 2.08. The van der Waals surface area contributed by atoms with Crippen LogP contribution in [0.1, 0.15) is 37.9 Å². The van der Waals surface area contributed by atoms with Gasteiger partial charge in [0.1, 0.15) is 0 Å². The van der Waals surface area contributed by atoms with Crippen LogP contribution in [0.5, 0.6) is 11.5 Å². The number of carbonyl (C=O) groups excluding carboxylic acids is 1. The predicted octanol–water partition coefficient (Wildman–Crippen LogP) is 3.86. The SMILES string of the molecule is CCOC(=O)C1=C(C)N=c2sc(=Cc3ccc(Cl)cc3)c(=O)n2[C@H]1c1ccc(OC)c(OCC)c1. The third-order valence-electron chi connectivity index (χ3n) is 5.49. The maximum absolute atomic E-state index is 13.7. The van der Waals surface area contributed by atoms with Crippen molar-refractivity contribution in [3.8, 4) is 11.5 Å². The molecule has 7 nitrogen and oxygen atoms in total. The Bertz CT molecular complexity index is 1470. The normalized spacial score (nSPS) is 15.5. The zero-order valence-electron chi connectivity index (χ0n) is 19.8. The lowest BCUT2D eigenvalue weighted by Gasteiger charge is -2.25. The summed E-state index contributed by atoms with van der Waals surface area (Å²) in [5, 5.41) is 0.614. The van der Waals surface area contributed by atoms with Crippen molar-refractivity contribution < 1.29 is 19.0 Å². The highest BCUT2D eigenvalue weighted by Crippen LogP contribution is 2.36. The average molecular weight is 513 g/mol. The first-order chi connectivity index (χ1) is 16.9. The molecule has 35 heavy (non-hydrogen) atoms. The number of thiazole rings is 1. The van der Waals surface area contributed by atoms with Crippen LogP contribution >= 0.6 is 22.9 Å². The number of benzene rings is 2. The fraction of sp³-hybridized carbons (Fsp3) is 0.269. The topological polar surface area (TPSA) is 79.1 Å². The molecule has 0 saturated carbocycles. The minimum Gasteiger partial charge on any atom is -0.493 e. The molecule has 0 fully saturated rings. The summed E-state index contributed by atoms with van der Waals surface area (Å²) in [4.78, 5) is 31.8. The van der Waals surface area contributed by atoms with E-state index >= 15 is 0 Å². The number of methoxy groups -OCH3 is 1. The molecular formula is C26H25ClN2O5S. The van der Waals surface area contributed by atoms with Gasteiger partial charge in [-0.3, -0.25) is 9.36 Å². The van der Waals surface area contributed by atoms with Crippen LogP contribution in [0.2, 0.25) is 5.02 Å². The van der Waals surface area contributed by atoms with Crippen LogP contribution < -0.4 is 24.4 Å². The van der Waals surface area contributed by atoms with Gasteiger partial charge in [0, 0.05) is 5.02 Å². The summed E-state index contributed by atoms with van der Waals surface area (Å²) < 4.78 is 18.6. The highest BCUT2D eigenvalue weighted by Gasteiger charge is 2.33. The van der Waals surface area contributed by atoms with Crippen LogP contribution in [0.15, 0.2) is 63.5 Å². The van der Waals surface area contributed by atoms with Crippen molar-refractivity contribution >= 4 is 35.0 Å². The van der Waals surface area contributed by atoms with E-state index < -0.39 is 12.0 Å². The minimum absolute atomic E-state index is 0.204. The molecule has 2 heterocycles. The molecule has 0 bridgehead atoms. The molecule has 0 N–H and O–H groups in total. The molecule has 1 aliphatic heterocycles. The number of aromatic nitrogens is 1. The fourth-order valence-electron chi connectivity index (χ4n) is 3.95. The van der Waals surface area contributed by atoms with E-state index in [0.29, 0.717) is 49.3 Å². The summed E-state index contributed by atoms with van der Waals surface area (Å²) in [6.45, 7) is 6.01. The van der Waals surface area contributed by atoms with Gasteiger partial charge in [-0.2, -0.15) is 0 Å². The van der Waals surface area contributed by atoms with Gasteiger partial charge >= 0.3 is 5.97 Å². The largest absolute Gasteiger partial charge is 0.493 e. The molecule has 1 aliphatic rings. The van der Waals surface area contributed by atoms with Crippen LogP contribution in [-0.4, -0.2) is 30.9 Å². The first-order valence-electron chi connectivity index (χ1n) is 11.1. The van der Waals surface area contributed by atoms with Gasteiger partial charge in [-0.1, -0.05) is 41.1 Å². The lowest BCUT2D eigenvalue weighted by Crippen LogP contribution is -2.40. The highest BCUT2D eigenvalue weighted by molar-refractivity contribution is 7.07. The Kier molecular flexibility index (Phi) is 7.42. The van der Waals surface area contributed by atoms with Gasteiger partial charge in [-0.15, -0.1) is 0 Å². The van der Waals surface area contributed by atoms with Crippen molar-refractivity contribution in [2.24, 2.45) is 4.99 Å². The molecule has 1 aromatic heterocycles. The lowest BCUT2D eigenvalue weighted by molar-refractivity contribution is -0.139. The second kappa shape index (κ2) is 10.5. The summed E-state index contributed by atoms with van der Waals surface area (Å²) in [7, 11) is 1.56. The first-order valence-corrected chi connectivity index (χ1v) is 12.3. The van der Waals surface area contributed by atoms with Gasteiger partial charge in [0.15, 0.2) is 16.3 Å². The van der Waals surface area contributed by atoms with Gasteiger partial charge in [0.05, 0.1) is 42.2 Å². The molecule has 0 amide bonds. The van der Waals surface area contributed by atoms with Gasteiger partial charge in [0.25, 0.3) is 5.56 Å². The molecule has 2 aromatic carbocycles. The van der Waals surface area contributed by atoms with E-state index in [4.69, 9.17) is 25.8 Å². The number of halogens is 1. The zero-order valence-corrected chi connectivity index (χ0v) is 21.4. The predicted molar refractivity (Wildman–Crippen MR) is 136 cm³/mol. The molecule has 182 valence electrons. The summed E-state index contributed by atoms with van der Waals surface area (Å²) in [5.74, 6) is 0.567. The van der Waals surface area contributed by atoms with E-state index in [1.807, 2.05) is 25.1 Å². The van der Waals surface area contributed by atoms with Crippen molar-refractivity contribution in [1.29, 1.82) is 0 Å². The van der Waals surface area contributed by atoms with E-state index in [-0.39, 0.29) is 12.2 Å². The van der Waals surface area contributed by atoms with Crippen LogP contribution in [0.3, 0.4) is 0 Å². The van der Waals surface area contributed by atoms with E-state index in [2.05, 4.69) is 4.99 Å². The van der Waals surface area contributed by atoms with E-state index in [9.17, 15) is 9.59 Å². The Morgan fingerprint density at radius 3 is 2.54 bits per heavy atom. The summed E-state index contributed by atoms with van der Waals surface area (Å²) in [6.07, 6.45) is 1.79. The fourth-order valence-corrected chi connectivity index (χ4v) is 5.12. The van der Waals surface area contributed by atoms with Crippen molar-refractivity contribution in [2.75, 3.05) is 20.3 Å². The maximum Gasteiger partial charge on any atom is 0.338 e.